The predicted molar refractivity (Wildman–Crippen MR) is 58.7 cm³/mol. The summed E-state index contributed by atoms with van der Waals surface area (Å²) in [7, 11) is 0. The van der Waals surface area contributed by atoms with Gasteiger partial charge in [0.05, 0.1) is 6.10 Å². The summed E-state index contributed by atoms with van der Waals surface area (Å²) in [5.41, 5.74) is 1.45. The van der Waals surface area contributed by atoms with Crippen LogP contribution in [0.5, 0.6) is 0 Å². The van der Waals surface area contributed by atoms with Gasteiger partial charge in [-0.05, 0) is 45.4 Å². The van der Waals surface area contributed by atoms with Gasteiger partial charge in [0, 0.05) is 0 Å². The van der Waals surface area contributed by atoms with E-state index in [9.17, 15) is 5.11 Å². The average Bonchev–Trinajstić information content (AvgIpc) is 2.03. The minimum atomic E-state index is -0.205. The third-order valence-electron chi connectivity index (χ3n) is 3.08. The van der Waals surface area contributed by atoms with Gasteiger partial charge in [-0.1, -0.05) is 25.5 Å². The van der Waals surface area contributed by atoms with Gasteiger partial charge in [-0.2, -0.15) is 0 Å². The second kappa shape index (κ2) is 5.43. The van der Waals surface area contributed by atoms with Crippen molar-refractivity contribution in [3.63, 3.8) is 0 Å². The van der Waals surface area contributed by atoms with Crippen molar-refractivity contribution in [2.24, 2.45) is 5.41 Å². The van der Waals surface area contributed by atoms with Gasteiger partial charge >= 0.3 is 0 Å². The van der Waals surface area contributed by atoms with Gasteiger partial charge in [-0.25, -0.2) is 0 Å². The molecule has 0 aliphatic carbocycles. The Morgan fingerprint density at radius 2 is 2.00 bits per heavy atom. The maximum atomic E-state index is 9.62. The van der Waals surface area contributed by atoms with Gasteiger partial charge in [0.25, 0.3) is 0 Å². The lowest BCUT2D eigenvalue weighted by Gasteiger charge is -2.31. The molecule has 0 spiro atoms. The molecule has 0 heterocycles. The van der Waals surface area contributed by atoms with E-state index in [1.165, 1.54) is 5.57 Å². The third-order valence-corrected chi connectivity index (χ3v) is 3.08. The molecule has 0 saturated heterocycles. The summed E-state index contributed by atoms with van der Waals surface area (Å²) in [6, 6.07) is 0. The smallest absolute Gasteiger partial charge is 0.0565 e. The maximum Gasteiger partial charge on any atom is 0.0565 e. The average molecular weight is 184 g/mol. The molecule has 1 heteroatoms. The van der Waals surface area contributed by atoms with Crippen LogP contribution in [0, 0.1) is 5.41 Å². The Labute approximate surface area is 82.9 Å². The summed E-state index contributed by atoms with van der Waals surface area (Å²) in [6.45, 7) is 10.4. The van der Waals surface area contributed by atoms with Gasteiger partial charge in [0.1, 0.15) is 0 Å². The summed E-state index contributed by atoms with van der Waals surface area (Å²) in [5.74, 6) is 0. The van der Waals surface area contributed by atoms with E-state index < -0.39 is 0 Å². The van der Waals surface area contributed by atoms with E-state index in [2.05, 4.69) is 33.8 Å². The van der Waals surface area contributed by atoms with Crippen LogP contribution in [0.15, 0.2) is 11.6 Å². The Bertz CT molecular complexity index is 166. The molecule has 0 fully saturated rings. The summed E-state index contributed by atoms with van der Waals surface area (Å²) >= 11 is 0. The van der Waals surface area contributed by atoms with E-state index in [1.807, 2.05) is 6.92 Å². The SMILES string of the molecule is CC[C@@](C)(CCC=C(C)C)[C@@H](C)O. The van der Waals surface area contributed by atoms with Crippen molar-refractivity contribution in [1.29, 1.82) is 0 Å². The molecule has 0 rings (SSSR count). The van der Waals surface area contributed by atoms with Gasteiger partial charge < -0.3 is 5.11 Å². The molecule has 2 atom stereocenters. The fourth-order valence-corrected chi connectivity index (χ4v) is 1.37. The van der Waals surface area contributed by atoms with Crippen LogP contribution < -0.4 is 0 Å². The highest BCUT2D eigenvalue weighted by Gasteiger charge is 2.26. The topological polar surface area (TPSA) is 20.2 Å². The van der Waals surface area contributed by atoms with Crippen LogP contribution >= 0.6 is 0 Å². The van der Waals surface area contributed by atoms with E-state index in [-0.39, 0.29) is 11.5 Å². The van der Waals surface area contributed by atoms with Crippen LogP contribution in [0.25, 0.3) is 0 Å². The first-order valence-corrected chi connectivity index (χ1v) is 5.24. The second-order valence-corrected chi connectivity index (χ2v) is 4.50. The minimum absolute atomic E-state index is 0.0892. The molecule has 1 nitrogen and oxygen atoms in total. The highest BCUT2D eigenvalue weighted by molar-refractivity contribution is 4.94. The van der Waals surface area contributed by atoms with Crippen molar-refractivity contribution in [2.75, 3.05) is 0 Å². The molecular weight excluding hydrogens is 160 g/mol. The van der Waals surface area contributed by atoms with Crippen molar-refractivity contribution in [2.45, 2.75) is 60.0 Å². The molecule has 0 aliphatic rings. The summed E-state index contributed by atoms with van der Waals surface area (Å²) in [4.78, 5) is 0. The Hall–Kier alpha value is -0.300. The fraction of sp³-hybridized carbons (Fsp3) is 0.833. The molecule has 0 aromatic heterocycles. The molecule has 0 aromatic rings. The molecule has 0 bridgehead atoms. The molecule has 78 valence electrons. The van der Waals surface area contributed by atoms with E-state index >= 15 is 0 Å². The lowest BCUT2D eigenvalue weighted by Crippen LogP contribution is -2.28. The number of allylic oxidation sites excluding steroid dienone is 2. The van der Waals surface area contributed by atoms with E-state index in [1.54, 1.807) is 0 Å². The van der Waals surface area contributed by atoms with Crippen molar-refractivity contribution < 1.29 is 5.11 Å². The standard InChI is InChI=1S/C12H24O/c1-6-12(5,11(4)13)9-7-8-10(2)3/h8,11,13H,6-7,9H2,1-5H3/t11-,12+/m1/s1. The Kier molecular flexibility index (Phi) is 5.31. The van der Waals surface area contributed by atoms with Gasteiger partial charge in [-0.15, -0.1) is 0 Å². The zero-order chi connectivity index (χ0) is 10.5. The molecule has 13 heavy (non-hydrogen) atoms. The van der Waals surface area contributed by atoms with Crippen LogP contribution in [-0.4, -0.2) is 11.2 Å². The highest BCUT2D eigenvalue weighted by atomic mass is 16.3. The summed E-state index contributed by atoms with van der Waals surface area (Å²) in [6.07, 6.45) is 5.24. The first kappa shape index (κ1) is 12.7. The number of hydrogen-bond acceptors (Lipinski definition) is 1. The van der Waals surface area contributed by atoms with E-state index in [0.717, 1.165) is 19.3 Å². The lowest BCUT2D eigenvalue weighted by atomic mass is 9.78. The first-order valence-electron chi connectivity index (χ1n) is 5.24. The zero-order valence-corrected chi connectivity index (χ0v) is 9.72. The molecule has 0 aromatic carbocycles. The van der Waals surface area contributed by atoms with Crippen molar-refractivity contribution in [1.82, 2.24) is 0 Å². The predicted octanol–water partition coefficient (Wildman–Crippen LogP) is 3.53. The van der Waals surface area contributed by atoms with Crippen LogP contribution in [0.1, 0.15) is 53.9 Å². The fourth-order valence-electron chi connectivity index (χ4n) is 1.37. The molecule has 0 saturated carbocycles. The molecule has 0 aliphatic heterocycles. The van der Waals surface area contributed by atoms with Crippen molar-refractivity contribution in [3.8, 4) is 0 Å². The first-order chi connectivity index (χ1) is 5.92. The monoisotopic (exact) mass is 184 g/mol. The molecular formula is C12H24O. The minimum Gasteiger partial charge on any atom is -0.393 e. The quantitative estimate of drug-likeness (QED) is 0.648. The van der Waals surface area contributed by atoms with E-state index in [4.69, 9.17) is 0 Å². The highest BCUT2D eigenvalue weighted by Crippen LogP contribution is 2.31. The Balaban J connectivity index is 4.06. The van der Waals surface area contributed by atoms with Crippen LogP contribution in [-0.2, 0) is 0 Å². The summed E-state index contributed by atoms with van der Waals surface area (Å²) < 4.78 is 0. The van der Waals surface area contributed by atoms with E-state index in [0.29, 0.717) is 0 Å². The number of hydrogen-bond donors (Lipinski definition) is 1. The maximum absolute atomic E-state index is 9.62. The number of aliphatic hydroxyl groups excluding tert-OH is 1. The van der Waals surface area contributed by atoms with Crippen LogP contribution in [0.4, 0.5) is 0 Å². The molecule has 0 amide bonds. The molecule has 0 unspecified atom stereocenters. The van der Waals surface area contributed by atoms with Crippen LogP contribution in [0.3, 0.4) is 0 Å². The Morgan fingerprint density at radius 3 is 2.31 bits per heavy atom. The van der Waals surface area contributed by atoms with Gasteiger partial charge in [0.15, 0.2) is 0 Å². The van der Waals surface area contributed by atoms with Crippen LogP contribution in [0.2, 0.25) is 0 Å². The zero-order valence-electron chi connectivity index (χ0n) is 9.72. The molecule has 0 radical (unpaired) electrons. The van der Waals surface area contributed by atoms with Crippen molar-refractivity contribution in [3.05, 3.63) is 11.6 Å². The van der Waals surface area contributed by atoms with Gasteiger partial charge in [-0.3, -0.25) is 0 Å². The lowest BCUT2D eigenvalue weighted by molar-refractivity contribution is 0.0432. The Morgan fingerprint density at radius 1 is 1.46 bits per heavy atom. The number of aliphatic hydroxyl groups is 1. The molecule has 1 N–H and O–H groups in total. The third kappa shape index (κ3) is 4.47. The number of rotatable bonds is 5. The van der Waals surface area contributed by atoms with Gasteiger partial charge in [0.2, 0.25) is 0 Å². The summed E-state index contributed by atoms with van der Waals surface area (Å²) in [5, 5.41) is 9.62. The van der Waals surface area contributed by atoms with Crippen molar-refractivity contribution >= 4 is 0 Å². The second-order valence-electron chi connectivity index (χ2n) is 4.50. The largest absolute Gasteiger partial charge is 0.393 e. The normalized spacial score (nSPS) is 17.7.